The van der Waals surface area contributed by atoms with Crippen molar-refractivity contribution in [2.75, 3.05) is 31.7 Å². The number of ether oxygens (including phenoxy) is 1. The van der Waals surface area contributed by atoms with E-state index in [1.165, 1.54) is 0 Å². The third kappa shape index (κ3) is 5.35. The van der Waals surface area contributed by atoms with Crippen LogP contribution in [0.3, 0.4) is 0 Å². The number of rotatable bonds is 9. The highest BCUT2D eigenvalue weighted by Crippen LogP contribution is 2.15. The van der Waals surface area contributed by atoms with Gasteiger partial charge in [0.05, 0.1) is 12.3 Å². The van der Waals surface area contributed by atoms with Crippen LogP contribution in [-0.4, -0.2) is 36.4 Å². The Bertz CT molecular complexity index is 313. The Balaban J connectivity index is 2.22. The van der Waals surface area contributed by atoms with E-state index in [0.717, 1.165) is 31.8 Å². The van der Waals surface area contributed by atoms with Crippen molar-refractivity contribution < 1.29 is 15.0 Å². The summed E-state index contributed by atoms with van der Waals surface area (Å²) in [6, 6.07) is 7.21. The van der Waals surface area contributed by atoms with Crippen LogP contribution in [0.15, 0.2) is 24.3 Å². The second-order valence-electron chi connectivity index (χ2n) is 3.95. The molecule has 102 valence electrons. The molecule has 0 aromatic heterocycles. The van der Waals surface area contributed by atoms with Gasteiger partial charge in [-0.05, 0) is 43.8 Å². The van der Waals surface area contributed by atoms with Gasteiger partial charge in [0.1, 0.15) is 5.75 Å². The highest BCUT2D eigenvalue weighted by Gasteiger charge is 1.99. The number of nitrogens with one attached hydrogen (secondary N) is 1. The highest BCUT2D eigenvalue weighted by molar-refractivity contribution is 5.44. The van der Waals surface area contributed by atoms with Gasteiger partial charge < -0.3 is 9.64 Å². The summed E-state index contributed by atoms with van der Waals surface area (Å²) in [5.41, 5.74) is 3.00. The second kappa shape index (κ2) is 8.74. The minimum Gasteiger partial charge on any atom is -0.494 e. The van der Waals surface area contributed by atoms with Crippen molar-refractivity contribution in [1.29, 1.82) is 0 Å². The summed E-state index contributed by atoms with van der Waals surface area (Å²) < 4.78 is 5.62. The molecule has 0 bridgehead atoms. The molecule has 0 fully saturated rings. The van der Waals surface area contributed by atoms with E-state index in [-0.39, 0.29) is 0 Å². The van der Waals surface area contributed by atoms with Crippen LogP contribution < -0.4 is 10.2 Å². The minimum absolute atomic E-state index is 0.674. The lowest BCUT2D eigenvalue weighted by Gasteiger charge is -2.17. The van der Waals surface area contributed by atoms with Crippen LogP contribution in [0.5, 0.6) is 5.75 Å². The third-order valence-corrected chi connectivity index (χ3v) is 2.80. The van der Waals surface area contributed by atoms with E-state index in [1.807, 2.05) is 12.1 Å². The maximum Gasteiger partial charge on any atom is 0.119 e. The maximum absolute atomic E-state index is 8.21. The summed E-state index contributed by atoms with van der Waals surface area (Å²) in [5.74, 6) is 0.818. The summed E-state index contributed by atoms with van der Waals surface area (Å²) in [7, 11) is 0. The molecule has 0 saturated heterocycles. The Morgan fingerprint density at radius 1 is 1.17 bits per heavy atom. The van der Waals surface area contributed by atoms with Gasteiger partial charge in [0.15, 0.2) is 0 Å². The molecule has 1 aromatic rings. The molecule has 1 rings (SSSR count). The van der Waals surface area contributed by atoms with Crippen molar-refractivity contribution in [3.8, 4) is 5.75 Å². The van der Waals surface area contributed by atoms with Crippen molar-refractivity contribution in [3.05, 3.63) is 24.3 Å². The van der Waals surface area contributed by atoms with Crippen LogP contribution in [0.1, 0.15) is 20.3 Å². The number of hydrogen-bond acceptors (Lipinski definition) is 5. The van der Waals surface area contributed by atoms with E-state index in [2.05, 4.69) is 29.2 Å². The fourth-order valence-electron chi connectivity index (χ4n) is 1.69. The third-order valence-electron chi connectivity index (χ3n) is 2.80. The Kier molecular flexibility index (Phi) is 7.17. The molecule has 0 radical (unpaired) electrons. The van der Waals surface area contributed by atoms with Gasteiger partial charge >= 0.3 is 0 Å². The molecule has 0 saturated carbocycles. The summed E-state index contributed by atoms with van der Waals surface area (Å²) in [6.07, 6.45) is 1.02. The first-order valence-corrected chi connectivity index (χ1v) is 6.31. The van der Waals surface area contributed by atoms with Gasteiger partial charge in [-0.2, -0.15) is 0 Å². The van der Waals surface area contributed by atoms with Gasteiger partial charge in [-0.3, -0.25) is 0 Å². The van der Waals surface area contributed by atoms with Gasteiger partial charge in [-0.25, -0.2) is 10.7 Å². The molecule has 0 atom stereocenters. The minimum atomic E-state index is 0.674. The zero-order valence-corrected chi connectivity index (χ0v) is 11.1. The Morgan fingerprint density at radius 2 is 1.83 bits per heavy atom. The topological polar surface area (TPSA) is 54.0 Å². The Morgan fingerprint density at radius 3 is 2.39 bits per heavy atom. The molecule has 0 aliphatic heterocycles. The molecule has 0 unspecified atom stereocenters. The zero-order chi connectivity index (χ0) is 13.2. The average molecular weight is 254 g/mol. The lowest BCUT2D eigenvalue weighted by molar-refractivity contribution is -0.215. The van der Waals surface area contributed by atoms with Crippen molar-refractivity contribution in [1.82, 2.24) is 4.90 Å². The van der Waals surface area contributed by atoms with E-state index >= 15 is 0 Å². The van der Waals surface area contributed by atoms with Crippen LogP contribution >= 0.6 is 0 Å². The van der Waals surface area contributed by atoms with E-state index in [9.17, 15) is 0 Å². The average Bonchev–Trinajstić information content (AvgIpc) is 2.41. The summed E-state index contributed by atoms with van der Waals surface area (Å²) in [4.78, 5) is 6.19. The van der Waals surface area contributed by atoms with Gasteiger partial charge in [0, 0.05) is 6.54 Å². The monoisotopic (exact) mass is 254 g/mol. The van der Waals surface area contributed by atoms with Gasteiger partial charge in [-0.1, -0.05) is 13.8 Å². The molecule has 0 heterocycles. The van der Waals surface area contributed by atoms with Crippen LogP contribution in [0.2, 0.25) is 0 Å². The molecule has 0 spiro atoms. The molecule has 0 amide bonds. The molecular weight excluding hydrogens is 232 g/mol. The Labute approximate surface area is 108 Å². The van der Waals surface area contributed by atoms with E-state index in [0.29, 0.717) is 12.3 Å². The van der Waals surface area contributed by atoms with Crippen LogP contribution in [-0.2, 0) is 4.99 Å². The van der Waals surface area contributed by atoms with Crippen molar-refractivity contribution >= 4 is 5.69 Å². The Hall–Kier alpha value is -1.30. The van der Waals surface area contributed by atoms with E-state index in [4.69, 9.17) is 9.99 Å². The normalized spacial score (nSPS) is 10.7. The van der Waals surface area contributed by atoms with Crippen molar-refractivity contribution in [3.63, 3.8) is 0 Å². The number of anilines is 1. The maximum atomic E-state index is 8.21. The number of nitrogens with zero attached hydrogens (tertiary/aromatic N) is 1. The first kappa shape index (κ1) is 14.8. The van der Waals surface area contributed by atoms with Crippen molar-refractivity contribution in [2.24, 2.45) is 0 Å². The number of benzene rings is 1. The van der Waals surface area contributed by atoms with E-state index < -0.39 is 0 Å². The second-order valence-corrected chi connectivity index (χ2v) is 3.95. The highest BCUT2D eigenvalue weighted by atomic mass is 17.2. The fourth-order valence-corrected chi connectivity index (χ4v) is 1.69. The van der Waals surface area contributed by atoms with Crippen LogP contribution in [0.4, 0.5) is 5.69 Å². The van der Waals surface area contributed by atoms with Gasteiger partial charge in [0.2, 0.25) is 0 Å². The van der Waals surface area contributed by atoms with Crippen molar-refractivity contribution in [2.45, 2.75) is 20.3 Å². The first-order valence-electron chi connectivity index (χ1n) is 6.31. The summed E-state index contributed by atoms with van der Waals surface area (Å²) in [6.45, 7) is 8.26. The molecule has 0 aliphatic carbocycles. The largest absolute Gasteiger partial charge is 0.494 e. The van der Waals surface area contributed by atoms with Gasteiger partial charge in [0.25, 0.3) is 0 Å². The van der Waals surface area contributed by atoms with Crippen LogP contribution in [0.25, 0.3) is 0 Å². The SMILES string of the molecule is CCN(CC)CCCOc1ccc(NOO)cc1. The molecule has 18 heavy (non-hydrogen) atoms. The smallest absolute Gasteiger partial charge is 0.119 e. The van der Waals surface area contributed by atoms with E-state index in [1.54, 1.807) is 12.1 Å². The predicted molar refractivity (Wildman–Crippen MR) is 71.7 cm³/mol. The summed E-state index contributed by atoms with van der Waals surface area (Å²) in [5, 5.41) is 8.21. The standard InChI is InChI=1S/C13H22N2O3/c1-3-15(4-2)10-5-11-17-13-8-6-12(7-9-13)14-18-16/h6-9,14,16H,3-5,10-11H2,1-2H3. The first-order chi connectivity index (χ1) is 8.80. The molecule has 2 N–H and O–H groups in total. The molecule has 5 nitrogen and oxygen atoms in total. The molecule has 1 aromatic carbocycles. The van der Waals surface area contributed by atoms with Gasteiger partial charge in [-0.15, -0.1) is 4.99 Å². The zero-order valence-electron chi connectivity index (χ0n) is 11.1. The summed E-state index contributed by atoms with van der Waals surface area (Å²) >= 11 is 0. The molecular formula is C13H22N2O3. The molecule has 0 aliphatic rings. The quantitative estimate of drug-likeness (QED) is 0.403. The lowest BCUT2D eigenvalue weighted by atomic mass is 10.3. The van der Waals surface area contributed by atoms with Crippen LogP contribution in [0, 0.1) is 0 Å². The predicted octanol–water partition coefficient (Wildman–Crippen LogP) is 2.61. The fraction of sp³-hybridized carbons (Fsp3) is 0.538. The number of hydrogen-bond donors (Lipinski definition) is 2. The lowest BCUT2D eigenvalue weighted by Crippen LogP contribution is -2.25. The molecule has 5 heteroatoms.